The Morgan fingerprint density at radius 2 is 1.91 bits per heavy atom. The second-order valence-electron chi connectivity index (χ2n) is 8.40. The summed E-state index contributed by atoms with van der Waals surface area (Å²) in [5, 5.41) is 14.5. The number of rotatable bonds is 10. The molecule has 0 saturated heterocycles. The number of alkyl halides is 3. The molecule has 0 saturated carbocycles. The highest BCUT2D eigenvalue weighted by Crippen LogP contribution is 2.30. The van der Waals surface area contributed by atoms with Gasteiger partial charge in [0.15, 0.2) is 0 Å². The molecule has 1 aliphatic rings. The lowest BCUT2D eigenvalue weighted by Gasteiger charge is -2.27. The SMILES string of the molecule is CC(C)OC[C@H](O)CN(Cc1cccc(C(F)(F)F)c1)C[C@H]1CC(c2ccc(F)cc2)=NO1. The van der Waals surface area contributed by atoms with Gasteiger partial charge in [0.05, 0.1) is 30.1 Å². The maximum atomic E-state index is 13.2. The lowest BCUT2D eigenvalue weighted by atomic mass is 10.0. The first-order chi connectivity index (χ1) is 15.6. The van der Waals surface area contributed by atoms with E-state index < -0.39 is 17.8 Å². The molecule has 33 heavy (non-hydrogen) atoms. The van der Waals surface area contributed by atoms with E-state index in [1.165, 1.54) is 18.2 Å². The van der Waals surface area contributed by atoms with E-state index in [4.69, 9.17) is 9.57 Å². The third-order valence-corrected chi connectivity index (χ3v) is 5.12. The van der Waals surface area contributed by atoms with Gasteiger partial charge in [0.1, 0.15) is 11.9 Å². The Bertz CT molecular complexity index is 932. The van der Waals surface area contributed by atoms with Gasteiger partial charge in [0.25, 0.3) is 0 Å². The van der Waals surface area contributed by atoms with Crippen LogP contribution < -0.4 is 0 Å². The summed E-state index contributed by atoms with van der Waals surface area (Å²) in [6, 6.07) is 11.1. The third kappa shape index (κ3) is 7.80. The zero-order valence-electron chi connectivity index (χ0n) is 18.6. The van der Waals surface area contributed by atoms with Crippen molar-refractivity contribution in [3.8, 4) is 0 Å². The van der Waals surface area contributed by atoms with Crippen LogP contribution in [0.25, 0.3) is 0 Å². The van der Waals surface area contributed by atoms with Crippen molar-refractivity contribution in [3.63, 3.8) is 0 Å². The van der Waals surface area contributed by atoms with Crippen molar-refractivity contribution in [2.24, 2.45) is 5.16 Å². The number of hydrogen-bond donors (Lipinski definition) is 1. The number of ether oxygens (including phenoxy) is 1. The minimum Gasteiger partial charge on any atom is -0.390 e. The Balaban J connectivity index is 1.68. The van der Waals surface area contributed by atoms with Crippen LogP contribution in [0.5, 0.6) is 0 Å². The average molecular weight is 468 g/mol. The van der Waals surface area contributed by atoms with E-state index >= 15 is 0 Å². The molecule has 0 amide bonds. The van der Waals surface area contributed by atoms with Gasteiger partial charge in [-0.2, -0.15) is 13.2 Å². The molecule has 1 aliphatic heterocycles. The monoisotopic (exact) mass is 468 g/mol. The van der Waals surface area contributed by atoms with Crippen LogP contribution in [-0.4, -0.2) is 53.7 Å². The van der Waals surface area contributed by atoms with Gasteiger partial charge in [0, 0.05) is 26.1 Å². The second kappa shape index (κ2) is 11.1. The number of halogens is 4. The maximum Gasteiger partial charge on any atom is 0.416 e. The van der Waals surface area contributed by atoms with Crippen molar-refractivity contribution >= 4 is 5.71 Å². The summed E-state index contributed by atoms with van der Waals surface area (Å²) in [7, 11) is 0. The second-order valence-corrected chi connectivity index (χ2v) is 8.40. The molecule has 9 heteroatoms. The number of hydrogen-bond acceptors (Lipinski definition) is 5. The first kappa shape index (κ1) is 25.1. The largest absolute Gasteiger partial charge is 0.416 e. The van der Waals surface area contributed by atoms with Crippen LogP contribution in [0.3, 0.4) is 0 Å². The highest BCUT2D eigenvalue weighted by atomic mass is 19.4. The molecule has 0 radical (unpaired) electrons. The lowest BCUT2D eigenvalue weighted by Crippen LogP contribution is -2.39. The summed E-state index contributed by atoms with van der Waals surface area (Å²) in [6.07, 6.45) is -5.20. The Morgan fingerprint density at radius 1 is 1.18 bits per heavy atom. The number of oxime groups is 1. The van der Waals surface area contributed by atoms with Crippen molar-refractivity contribution in [2.75, 3.05) is 19.7 Å². The Hall–Kier alpha value is -2.49. The maximum absolute atomic E-state index is 13.2. The van der Waals surface area contributed by atoms with Gasteiger partial charge < -0.3 is 14.7 Å². The van der Waals surface area contributed by atoms with Crippen LogP contribution in [0, 0.1) is 5.82 Å². The van der Waals surface area contributed by atoms with Gasteiger partial charge in [-0.05, 0) is 43.2 Å². The van der Waals surface area contributed by atoms with Crippen LogP contribution in [-0.2, 0) is 22.3 Å². The molecule has 3 rings (SSSR count). The van der Waals surface area contributed by atoms with Gasteiger partial charge in [-0.25, -0.2) is 4.39 Å². The lowest BCUT2D eigenvalue weighted by molar-refractivity contribution is -0.137. The Labute approximate surface area is 190 Å². The zero-order valence-corrected chi connectivity index (χ0v) is 18.6. The minimum absolute atomic E-state index is 0.0543. The van der Waals surface area contributed by atoms with Crippen molar-refractivity contribution in [3.05, 3.63) is 71.0 Å². The van der Waals surface area contributed by atoms with E-state index in [-0.39, 0.29) is 37.7 Å². The zero-order chi connectivity index (χ0) is 24.0. The molecule has 180 valence electrons. The van der Waals surface area contributed by atoms with E-state index in [9.17, 15) is 22.7 Å². The average Bonchev–Trinajstić information content (AvgIpc) is 3.21. The van der Waals surface area contributed by atoms with Crippen LogP contribution in [0.1, 0.15) is 37.0 Å². The van der Waals surface area contributed by atoms with Crippen LogP contribution in [0.4, 0.5) is 17.6 Å². The molecule has 0 fully saturated rings. The van der Waals surface area contributed by atoms with Gasteiger partial charge >= 0.3 is 6.18 Å². The summed E-state index contributed by atoms with van der Waals surface area (Å²) in [5.74, 6) is -0.348. The fourth-order valence-corrected chi connectivity index (χ4v) is 3.59. The first-order valence-corrected chi connectivity index (χ1v) is 10.8. The Kier molecular flexibility index (Phi) is 8.45. The summed E-state index contributed by atoms with van der Waals surface area (Å²) in [6.45, 7) is 4.54. The summed E-state index contributed by atoms with van der Waals surface area (Å²) < 4.78 is 58.0. The highest BCUT2D eigenvalue weighted by molar-refractivity contribution is 6.01. The minimum atomic E-state index is -4.43. The molecule has 1 N–H and O–H groups in total. The summed E-state index contributed by atoms with van der Waals surface area (Å²) in [4.78, 5) is 7.37. The van der Waals surface area contributed by atoms with E-state index in [1.807, 2.05) is 18.7 Å². The quantitative estimate of drug-likeness (QED) is 0.517. The normalized spacial score (nSPS) is 17.4. The molecule has 5 nitrogen and oxygen atoms in total. The molecular weight excluding hydrogens is 440 g/mol. The van der Waals surface area contributed by atoms with Crippen molar-refractivity contribution in [1.82, 2.24) is 4.90 Å². The van der Waals surface area contributed by atoms with Crippen molar-refractivity contribution in [2.45, 2.75) is 51.3 Å². The number of aliphatic hydroxyl groups is 1. The van der Waals surface area contributed by atoms with Gasteiger partial charge in [-0.3, -0.25) is 4.90 Å². The summed E-state index contributed by atoms with van der Waals surface area (Å²) in [5.41, 5.74) is 1.17. The van der Waals surface area contributed by atoms with Crippen LogP contribution in [0.15, 0.2) is 53.7 Å². The predicted molar refractivity (Wildman–Crippen MR) is 116 cm³/mol. The van der Waals surface area contributed by atoms with Gasteiger partial charge in [-0.15, -0.1) is 0 Å². The summed E-state index contributed by atoms with van der Waals surface area (Å²) >= 11 is 0. The molecule has 2 atom stereocenters. The standard InChI is InChI=1S/C24H28F4N2O3/c1-16(2)32-15-21(31)13-30(12-17-4-3-5-19(10-17)24(26,27)28)14-22-11-23(29-33-22)18-6-8-20(25)9-7-18/h3-10,16,21-22,31H,11-15H2,1-2H3/t21-,22-/m1/s1. The molecule has 2 aromatic rings. The highest BCUT2D eigenvalue weighted by Gasteiger charge is 2.31. The molecule has 0 spiro atoms. The van der Waals surface area contributed by atoms with E-state index in [2.05, 4.69) is 5.16 Å². The van der Waals surface area contributed by atoms with E-state index in [0.29, 0.717) is 24.2 Å². The molecular formula is C24H28F4N2O3. The van der Waals surface area contributed by atoms with Crippen LogP contribution in [0.2, 0.25) is 0 Å². The topological polar surface area (TPSA) is 54.3 Å². The number of aliphatic hydroxyl groups excluding tert-OH is 1. The smallest absolute Gasteiger partial charge is 0.390 e. The third-order valence-electron chi connectivity index (χ3n) is 5.12. The van der Waals surface area contributed by atoms with Crippen LogP contribution >= 0.6 is 0 Å². The molecule has 0 aliphatic carbocycles. The first-order valence-electron chi connectivity index (χ1n) is 10.8. The predicted octanol–water partition coefficient (Wildman–Crippen LogP) is 4.63. The Morgan fingerprint density at radius 3 is 2.58 bits per heavy atom. The van der Waals surface area contributed by atoms with Crippen molar-refractivity contribution < 1.29 is 32.2 Å². The number of benzene rings is 2. The van der Waals surface area contributed by atoms with E-state index in [0.717, 1.165) is 17.7 Å². The molecule has 0 unspecified atom stereocenters. The fraction of sp³-hybridized carbons (Fsp3) is 0.458. The molecule has 1 heterocycles. The molecule has 0 aromatic heterocycles. The fourth-order valence-electron chi connectivity index (χ4n) is 3.59. The molecule has 0 bridgehead atoms. The van der Waals surface area contributed by atoms with Crippen molar-refractivity contribution in [1.29, 1.82) is 0 Å². The van der Waals surface area contributed by atoms with Gasteiger partial charge in [0.2, 0.25) is 0 Å². The molecule has 2 aromatic carbocycles. The number of nitrogens with zero attached hydrogens (tertiary/aromatic N) is 2. The van der Waals surface area contributed by atoms with Gasteiger partial charge in [-0.1, -0.05) is 35.5 Å². The van der Waals surface area contributed by atoms with E-state index in [1.54, 1.807) is 18.2 Å².